The van der Waals surface area contributed by atoms with Crippen LogP contribution in [0.25, 0.3) is 0 Å². The number of hydrogen-bond acceptors (Lipinski definition) is 5. The van der Waals surface area contributed by atoms with E-state index in [9.17, 15) is 18.6 Å². The summed E-state index contributed by atoms with van der Waals surface area (Å²) in [6.45, 7) is 3.83. The van der Waals surface area contributed by atoms with Crippen LogP contribution in [0.2, 0.25) is 0 Å². The van der Waals surface area contributed by atoms with E-state index in [0.29, 0.717) is 29.1 Å². The molecule has 1 amide bonds. The average molecular weight is 415 g/mol. The van der Waals surface area contributed by atoms with Crippen molar-refractivity contribution in [3.8, 4) is 5.75 Å². The Labute approximate surface area is 170 Å². The van der Waals surface area contributed by atoms with Crippen LogP contribution in [-0.2, 0) is 21.3 Å². The van der Waals surface area contributed by atoms with Gasteiger partial charge in [-0.05, 0) is 49.7 Å². The third-order valence-corrected chi connectivity index (χ3v) is 6.37. The second-order valence-corrected chi connectivity index (χ2v) is 8.40. The van der Waals surface area contributed by atoms with Crippen LogP contribution in [0.15, 0.2) is 42.5 Å². The summed E-state index contributed by atoms with van der Waals surface area (Å²) >= 11 is 0. The number of amides is 1. The van der Waals surface area contributed by atoms with Gasteiger partial charge < -0.3 is 14.7 Å². The number of hydrogen-bond donors (Lipinski definition) is 1. The first-order chi connectivity index (χ1) is 13.8. The molecule has 0 aliphatic carbocycles. The summed E-state index contributed by atoms with van der Waals surface area (Å²) in [5.41, 5.74) is 1.57. The Balaban J connectivity index is 1.79. The Kier molecular flexibility index (Phi) is 6.12. The average Bonchev–Trinajstić information content (AvgIpc) is 2.72. The van der Waals surface area contributed by atoms with Gasteiger partial charge in [-0.25, -0.2) is 4.79 Å². The van der Waals surface area contributed by atoms with E-state index in [1.165, 1.54) is 12.1 Å². The van der Waals surface area contributed by atoms with Crippen LogP contribution < -0.4 is 9.64 Å². The van der Waals surface area contributed by atoms with Gasteiger partial charge >= 0.3 is 5.97 Å². The zero-order chi connectivity index (χ0) is 21.1. The Morgan fingerprint density at radius 2 is 1.97 bits per heavy atom. The van der Waals surface area contributed by atoms with Crippen molar-refractivity contribution in [1.29, 1.82) is 0 Å². The molecule has 1 heterocycles. The number of ether oxygens (including phenoxy) is 1. The highest BCUT2D eigenvalue weighted by atomic mass is 32.2. The summed E-state index contributed by atoms with van der Waals surface area (Å²) in [6.07, 6.45) is 0. The Morgan fingerprint density at radius 1 is 1.21 bits per heavy atom. The second kappa shape index (κ2) is 8.57. The molecule has 8 heteroatoms. The molecule has 0 radical (unpaired) electrons. The molecule has 2 unspecified atom stereocenters. The summed E-state index contributed by atoms with van der Waals surface area (Å²) in [5, 5.41) is 8.28. The van der Waals surface area contributed by atoms with Crippen molar-refractivity contribution >= 4 is 34.1 Å². The molecule has 0 saturated carbocycles. The number of anilines is 1. The second-order valence-electron chi connectivity index (χ2n) is 6.65. The number of Topliss-reactive ketones (excluding diaryl/α,β-unsaturated/α-hetero) is 1. The van der Waals surface area contributed by atoms with Gasteiger partial charge in [-0.2, -0.15) is 0 Å². The lowest BCUT2D eigenvalue weighted by molar-refractivity contribution is -0.121. The molecule has 2 aromatic carbocycles. The van der Waals surface area contributed by atoms with E-state index in [2.05, 4.69) is 0 Å². The molecule has 2 aromatic rings. The van der Waals surface area contributed by atoms with Crippen molar-refractivity contribution in [3.05, 3.63) is 59.2 Å². The van der Waals surface area contributed by atoms with Crippen LogP contribution >= 0.6 is 0 Å². The molecule has 0 fully saturated rings. The summed E-state index contributed by atoms with van der Waals surface area (Å²) < 4.78 is 18.1. The summed E-state index contributed by atoms with van der Waals surface area (Å²) in [6, 6.07) is 11.0. The standard InChI is InChI=1S/C21H21NO6S/c1-3-22-17-10-15(7-8-18(17)28-11-19(22)23)20(24)13(2)29(27)12-14-5-4-6-16(9-14)21(25)26/h4-10,13H,3,11-12H2,1-2H3,(H,25,26). The third-order valence-electron chi connectivity index (χ3n) is 4.75. The maximum atomic E-state index is 12.9. The topological polar surface area (TPSA) is 101 Å². The number of carbonyl (C=O) groups excluding carboxylic acids is 2. The smallest absolute Gasteiger partial charge is 0.335 e. The number of fused-ring (bicyclic) bond motifs is 1. The third kappa shape index (κ3) is 4.37. The lowest BCUT2D eigenvalue weighted by Crippen LogP contribution is -2.38. The van der Waals surface area contributed by atoms with Crippen molar-refractivity contribution in [2.24, 2.45) is 0 Å². The number of nitrogens with zero attached hydrogens (tertiary/aromatic N) is 1. The quantitative estimate of drug-likeness (QED) is 0.698. The van der Waals surface area contributed by atoms with E-state index in [1.54, 1.807) is 42.2 Å². The number of likely N-dealkylation sites (N-methyl/N-ethyl adjacent to an activating group) is 1. The predicted molar refractivity (Wildman–Crippen MR) is 109 cm³/mol. The first-order valence-electron chi connectivity index (χ1n) is 9.12. The molecule has 29 heavy (non-hydrogen) atoms. The fraction of sp³-hybridized carbons (Fsp3) is 0.286. The summed E-state index contributed by atoms with van der Waals surface area (Å²) in [4.78, 5) is 37.5. The Morgan fingerprint density at radius 3 is 2.66 bits per heavy atom. The van der Waals surface area contributed by atoms with Gasteiger partial charge in [0, 0.05) is 28.7 Å². The molecule has 7 nitrogen and oxygen atoms in total. The van der Waals surface area contributed by atoms with Gasteiger partial charge in [-0.1, -0.05) is 12.1 Å². The van der Waals surface area contributed by atoms with Crippen LogP contribution in [-0.4, -0.2) is 45.4 Å². The molecule has 152 valence electrons. The van der Waals surface area contributed by atoms with Crippen molar-refractivity contribution in [2.75, 3.05) is 18.1 Å². The molecule has 0 aromatic heterocycles. The van der Waals surface area contributed by atoms with E-state index < -0.39 is 22.0 Å². The minimum absolute atomic E-state index is 0.0377. The van der Waals surface area contributed by atoms with Crippen molar-refractivity contribution < 1.29 is 28.4 Å². The van der Waals surface area contributed by atoms with Gasteiger partial charge in [-0.3, -0.25) is 13.8 Å². The van der Waals surface area contributed by atoms with Crippen molar-refractivity contribution in [3.63, 3.8) is 0 Å². The van der Waals surface area contributed by atoms with Gasteiger partial charge in [-0.15, -0.1) is 0 Å². The van der Waals surface area contributed by atoms with E-state index in [4.69, 9.17) is 9.84 Å². The van der Waals surface area contributed by atoms with Crippen LogP contribution in [0.5, 0.6) is 5.75 Å². The predicted octanol–water partition coefficient (Wildman–Crippen LogP) is 2.65. The maximum absolute atomic E-state index is 12.9. The van der Waals surface area contributed by atoms with Gasteiger partial charge in [0.1, 0.15) is 5.75 Å². The number of ketones is 1. The van der Waals surface area contributed by atoms with Crippen LogP contribution in [0, 0.1) is 0 Å². The zero-order valence-electron chi connectivity index (χ0n) is 16.1. The molecule has 2 atom stereocenters. The Hall–Kier alpha value is -3.00. The highest BCUT2D eigenvalue weighted by Crippen LogP contribution is 2.33. The van der Waals surface area contributed by atoms with Crippen LogP contribution in [0.1, 0.15) is 40.1 Å². The highest BCUT2D eigenvalue weighted by molar-refractivity contribution is 7.85. The van der Waals surface area contributed by atoms with E-state index in [-0.39, 0.29) is 29.6 Å². The molecule has 0 bridgehead atoms. The lowest BCUT2D eigenvalue weighted by atomic mass is 10.1. The SMILES string of the molecule is CCN1C(=O)COc2ccc(C(=O)C(C)S(=O)Cc3cccc(C(=O)O)c3)cc21. The van der Waals surface area contributed by atoms with Crippen molar-refractivity contribution in [1.82, 2.24) is 0 Å². The van der Waals surface area contributed by atoms with Gasteiger partial charge in [0.15, 0.2) is 12.4 Å². The Bertz CT molecular complexity index is 1000. The first-order valence-corrected chi connectivity index (χ1v) is 10.5. The fourth-order valence-corrected chi connectivity index (χ4v) is 4.27. The number of rotatable bonds is 7. The minimum Gasteiger partial charge on any atom is -0.482 e. The molecule has 0 spiro atoms. The molecule has 1 N–H and O–H groups in total. The minimum atomic E-state index is -1.54. The van der Waals surface area contributed by atoms with Crippen LogP contribution in [0.3, 0.4) is 0 Å². The molecule has 0 saturated heterocycles. The number of carboxylic acid groups (broad SMARTS) is 1. The van der Waals surface area contributed by atoms with E-state index >= 15 is 0 Å². The summed E-state index contributed by atoms with van der Waals surface area (Å²) in [7, 11) is -1.54. The van der Waals surface area contributed by atoms with Gasteiger partial charge in [0.2, 0.25) is 0 Å². The number of benzene rings is 2. The van der Waals surface area contributed by atoms with Gasteiger partial charge in [0.05, 0.1) is 16.5 Å². The fourth-order valence-electron chi connectivity index (χ4n) is 3.14. The van der Waals surface area contributed by atoms with Gasteiger partial charge in [0.25, 0.3) is 5.91 Å². The zero-order valence-corrected chi connectivity index (χ0v) is 16.9. The van der Waals surface area contributed by atoms with E-state index in [1.807, 2.05) is 6.92 Å². The lowest BCUT2D eigenvalue weighted by Gasteiger charge is -2.28. The molecular weight excluding hydrogens is 394 g/mol. The number of carboxylic acids is 1. The maximum Gasteiger partial charge on any atom is 0.335 e. The molecule has 1 aliphatic heterocycles. The van der Waals surface area contributed by atoms with Crippen molar-refractivity contribution in [2.45, 2.75) is 24.9 Å². The number of carbonyl (C=O) groups is 3. The highest BCUT2D eigenvalue weighted by Gasteiger charge is 2.27. The number of aromatic carboxylic acids is 1. The summed E-state index contributed by atoms with van der Waals surface area (Å²) in [5.74, 6) is -0.953. The largest absolute Gasteiger partial charge is 0.482 e. The van der Waals surface area contributed by atoms with E-state index in [0.717, 1.165) is 0 Å². The normalized spacial score (nSPS) is 15.2. The molecular formula is C21H21NO6S. The molecule has 1 aliphatic rings. The first kappa shape index (κ1) is 20.7. The monoisotopic (exact) mass is 415 g/mol. The van der Waals surface area contributed by atoms with Crippen LogP contribution in [0.4, 0.5) is 5.69 Å². The molecule has 3 rings (SSSR count).